The number of nitrogens with zero attached hydrogens (tertiary/aromatic N) is 1. The van der Waals surface area contributed by atoms with E-state index >= 15 is 0 Å². The summed E-state index contributed by atoms with van der Waals surface area (Å²) in [5, 5.41) is 7.97. The lowest BCUT2D eigenvalue weighted by Crippen LogP contribution is -2.14. The number of para-hydroxylation sites is 1. The molecule has 0 aliphatic heterocycles. The van der Waals surface area contributed by atoms with Gasteiger partial charge in [-0.1, -0.05) is 30.3 Å². The first-order valence-corrected chi connectivity index (χ1v) is 9.18. The maximum absolute atomic E-state index is 12.3. The maximum atomic E-state index is 12.3. The second-order valence-electron chi connectivity index (χ2n) is 5.83. The zero-order valence-electron chi connectivity index (χ0n) is 15.0. The molecule has 7 heteroatoms. The molecule has 1 heterocycles. The molecule has 0 aliphatic rings. The molecule has 0 fully saturated rings. The van der Waals surface area contributed by atoms with Gasteiger partial charge in [0, 0.05) is 29.1 Å². The lowest BCUT2D eigenvalue weighted by Gasteiger charge is -2.07. The molecular weight excluding hydrogens is 362 g/mol. The summed E-state index contributed by atoms with van der Waals surface area (Å²) >= 11 is 1.36. The highest BCUT2D eigenvalue weighted by Crippen LogP contribution is 2.26. The van der Waals surface area contributed by atoms with Gasteiger partial charge in [-0.3, -0.25) is 9.59 Å². The zero-order chi connectivity index (χ0) is 19.2. The van der Waals surface area contributed by atoms with E-state index in [2.05, 4.69) is 15.6 Å². The minimum absolute atomic E-state index is 0.114. The van der Waals surface area contributed by atoms with Crippen LogP contribution in [0.4, 0.5) is 10.8 Å². The third kappa shape index (κ3) is 4.92. The van der Waals surface area contributed by atoms with Crippen LogP contribution < -0.4 is 15.4 Å². The number of thiazole rings is 1. The smallest absolute Gasteiger partial charge is 0.230 e. The third-order valence-corrected chi connectivity index (χ3v) is 4.55. The average molecular weight is 381 g/mol. The highest BCUT2D eigenvalue weighted by Gasteiger charge is 2.11. The maximum Gasteiger partial charge on any atom is 0.230 e. The van der Waals surface area contributed by atoms with Crippen molar-refractivity contribution in [2.24, 2.45) is 0 Å². The predicted molar refractivity (Wildman–Crippen MR) is 107 cm³/mol. The Bertz CT molecular complexity index is 951. The van der Waals surface area contributed by atoms with E-state index in [1.807, 2.05) is 53.9 Å². The van der Waals surface area contributed by atoms with E-state index in [0.717, 1.165) is 22.5 Å². The van der Waals surface area contributed by atoms with Crippen molar-refractivity contribution in [3.05, 3.63) is 59.5 Å². The number of hydrogen-bond donors (Lipinski definition) is 2. The molecular formula is C20H19N3O3S. The molecule has 3 aromatic rings. The minimum atomic E-state index is -0.151. The van der Waals surface area contributed by atoms with Crippen molar-refractivity contribution in [3.8, 4) is 17.0 Å². The Balaban J connectivity index is 1.65. The van der Waals surface area contributed by atoms with Gasteiger partial charge in [-0.15, -0.1) is 11.3 Å². The van der Waals surface area contributed by atoms with Crippen LogP contribution in [0.3, 0.4) is 0 Å². The summed E-state index contributed by atoms with van der Waals surface area (Å²) in [5.41, 5.74) is 3.22. The summed E-state index contributed by atoms with van der Waals surface area (Å²) in [5.74, 6) is 0.421. The Morgan fingerprint density at radius 1 is 1.07 bits per heavy atom. The second-order valence-corrected chi connectivity index (χ2v) is 6.69. The molecule has 27 heavy (non-hydrogen) atoms. The van der Waals surface area contributed by atoms with Gasteiger partial charge in [-0.2, -0.15) is 0 Å². The van der Waals surface area contributed by atoms with Gasteiger partial charge in [0.1, 0.15) is 5.75 Å². The molecule has 0 bridgehead atoms. The molecule has 0 radical (unpaired) electrons. The highest BCUT2D eigenvalue weighted by atomic mass is 32.1. The van der Waals surface area contributed by atoms with Crippen molar-refractivity contribution >= 4 is 34.0 Å². The van der Waals surface area contributed by atoms with Crippen LogP contribution in [0.2, 0.25) is 0 Å². The van der Waals surface area contributed by atoms with Crippen molar-refractivity contribution < 1.29 is 14.3 Å². The number of ether oxygens (including phenoxy) is 1. The Hall–Kier alpha value is -3.19. The van der Waals surface area contributed by atoms with Gasteiger partial charge in [-0.25, -0.2) is 4.98 Å². The van der Waals surface area contributed by atoms with Crippen molar-refractivity contribution in [2.75, 3.05) is 17.7 Å². The normalized spacial score (nSPS) is 10.3. The lowest BCUT2D eigenvalue weighted by atomic mass is 10.1. The van der Waals surface area contributed by atoms with E-state index in [-0.39, 0.29) is 18.2 Å². The van der Waals surface area contributed by atoms with Crippen LogP contribution in [-0.2, 0) is 16.0 Å². The molecule has 0 saturated heterocycles. The molecule has 2 aromatic carbocycles. The Morgan fingerprint density at radius 2 is 1.81 bits per heavy atom. The molecule has 6 nitrogen and oxygen atoms in total. The van der Waals surface area contributed by atoms with Gasteiger partial charge in [0.2, 0.25) is 11.8 Å². The van der Waals surface area contributed by atoms with Crippen LogP contribution >= 0.6 is 11.3 Å². The van der Waals surface area contributed by atoms with E-state index in [4.69, 9.17) is 4.74 Å². The van der Waals surface area contributed by atoms with E-state index in [9.17, 15) is 9.59 Å². The van der Waals surface area contributed by atoms with Crippen molar-refractivity contribution in [1.29, 1.82) is 0 Å². The largest absolute Gasteiger partial charge is 0.496 e. The molecule has 0 unspecified atom stereocenters. The molecule has 0 aliphatic carbocycles. The third-order valence-electron chi connectivity index (χ3n) is 3.80. The Kier molecular flexibility index (Phi) is 5.83. The molecule has 0 saturated carbocycles. The SMILES string of the molecule is COc1ccccc1CC(=O)Nc1nc(-c2ccc(NC(C)=O)cc2)cs1. The highest BCUT2D eigenvalue weighted by molar-refractivity contribution is 7.14. The number of aromatic nitrogens is 1. The molecule has 138 valence electrons. The van der Waals surface area contributed by atoms with Crippen LogP contribution in [-0.4, -0.2) is 23.9 Å². The number of hydrogen-bond acceptors (Lipinski definition) is 5. The fourth-order valence-electron chi connectivity index (χ4n) is 2.58. The van der Waals surface area contributed by atoms with Crippen molar-refractivity contribution in [1.82, 2.24) is 4.98 Å². The van der Waals surface area contributed by atoms with Gasteiger partial charge in [0.25, 0.3) is 0 Å². The van der Waals surface area contributed by atoms with Crippen LogP contribution in [0.25, 0.3) is 11.3 Å². The second kappa shape index (κ2) is 8.46. The fourth-order valence-corrected chi connectivity index (χ4v) is 3.31. The average Bonchev–Trinajstić information content (AvgIpc) is 3.10. The summed E-state index contributed by atoms with van der Waals surface area (Å²) in [6.07, 6.45) is 0.213. The molecule has 2 N–H and O–H groups in total. The minimum Gasteiger partial charge on any atom is -0.496 e. The van der Waals surface area contributed by atoms with Gasteiger partial charge in [0.05, 0.1) is 19.2 Å². The van der Waals surface area contributed by atoms with E-state index in [1.165, 1.54) is 18.3 Å². The number of carbonyl (C=O) groups excluding carboxylic acids is 2. The molecule has 0 spiro atoms. The Morgan fingerprint density at radius 3 is 2.52 bits per heavy atom. The van der Waals surface area contributed by atoms with Gasteiger partial charge >= 0.3 is 0 Å². The van der Waals surface area contributed by atoms with Crippen LogP contribution in [0, 0.1) is 0 Å². The molecule has 0 atom stereocenters. The van der Waals surface area contributed by atoms with E-state index in [0.29, 0.717) is 10.9 Å². The number of benzene rings is 2. The number of nitrogens with one attached hydrogen (secondary N) is 2. The number of methoxy groups -OCH3 is 1. The van der Waals surface area contributed by atoms with E-state index < -0.39 is 0 Å². The van der Waals surface area contributed by atoms with Gasteiger partial charge in [-0.05, 0) is 18.2 Å². The van der Waals surface area contributed by atoms with Crippen molar-refractivity contribution in [2.45, 2.75) is 13.3 Å². The summed E-state index contributed by atoms with van der Waals surface area (Å²) in [6.45, 7) is 1.47. The molecule has 1 aromatic heterocycles. The topological polar surface area (TPSA) is 80.3 Å². The summed E-state index contributed by atoms with van der Waals surface area (Å²) in [4.78, 5) is 27.8. The van der Waals surface area contributed by atoms with Crippen LogP contribution in [0.15, 0.2) is 53.9 Å². The zero-order valence-corrected chi connectivity index (χ0v) is 15.8. The molecule has 2 amide bonds. The summed E-state index contributed by atoms with van der Waals surface area (Å²) in [7, 11) is 1.58. The number of rotatable bonds is 6. The van der Waals surface area contributed by atoms with Gasteiger partial charge < -0.3 is 15.4 Å². The summed E-state index contributed by atoms with van der Waals surface area (Å²) < 4.78 is 5.27. The number of carbonyl (C=O) groups is 2. The van der Waals surface area contributed by atoms with Crippen LogP contribution in [0.5, 0.6) is 5.75 Å². The lowest BCUT2D eigenvalue weighted by molar-refractivity contribution is -0.116. The monoisotopic (exact) mass is 381 g/mol. The first-order valence-electron chi connectivity index (χ1n) is 8.30. The number of amides is 2. The standard InChI is InChI=1S/C20H19N3O3S/c1-13(24)21-16-9-7-14(8-10-16)17-12-27-20(22-17)23-19(25)11-15-5-3-4-6-18(15)26-2/h3-10,12H,11H2,1-2H3,(H,21,24)(H,22,23,25). The molecule has 3 rings (SSSR count). The van der Waals surface area contributed by atoms with Crippen LogP contribution in [0.1, 0.15) is 12.5 Å². The van der Waals surface area contributed by atoms with Crippen molar-refractivity contribution in [3.63, 3.8) is 0 Å². The van der Waals surface area contributed by atoms with E-state index in [1.54, 1.807) is 7.11 Å². The van der Waals surface area contributed by atoms with Gasteiger partial charge in [0.15, 0.2) is 5.13 Å². The first-order chi connectivity index (χ1) is 13.0. The fraction of sp³-hybridized carbons (Fsp3) is 0.150. The number of anilines is 2. The first kappa shape index (κ1) is 18.6. The predicted octanol–water partition coefficient (Wildman–Crippen LogP) is 3.96. The summed E-state index contributed by atoms with van der Waals surface area (Å²) in [6, 6.07) is 14.8. The quantitative estimate of drug-likeness (QED) is 0.677. The Labute approximate surface area is 161 Å².